The molecule has 0 radical (unpaired) electrons. The largest absolute Gasteiger partial charge is 0.497 e. The third-order valence-electron chi connectivity index (χ3n) is 6.86. The fourth-order valence-electron chi connectivity index (χ4n) is 4.81. The van der Waals surface area contributed by atoms with Gasteiger partial charge in [-0.05, 0) is 56.2 Å². The molecule has 1 unspecified atom stereocenters. The first-order valence-corrected chi connectivity index (χ1v) is 12.2. The van der Waals surface area contributed by atoms with Crippen LogP contribution in [0.1, 0.15) is 46.5 Å². The maximum atomic E-state index is 13.4. The van der Waals surface area contributed by atoms with Crippen LogP contribution in [0.5, 0.6) is 5.75 Å². The standard InChI is InChI=1S/C27H40N4O3/c1-7-31(23-11-8-10-21(2)18-24(23)34-6)26(32)29(4)17-14-27(3)13-9-16-30(20-27)25-19-22(33-5)12-15-28-25/h8,10,12,15,18-19H,7,9,11,13-14,16-17,20H2,1-6H3. The number of rotatable bonds is 8. The number of amides is 2. The molecule has 0 spiro atoms. The van der Waals surface area contributed by atoms with Crippen molar-refractivity contribution in [1.82, 2.24) is 14.8 Å². The molecule has 186 valence electrons. The topological polar surface area (TPSA) is 58.1 Å². The Labute approximate surface area is 204 Å². The Morgan fingerprint density at radius 3 is 2.79 bits per heavy atom. The average Bonchev–Trinajstić information content (AvgIpc) is 3.04. The number of hydrogen-bond acceptors (Lipinski definition) is 5. The Morgan fingerprint density at radius 2 is 2.09 bits per heavy atom. The molecule has 7 heteroatoms. The number of urea groups is 1. The summed E-state index contributed by atoms with van der Waals surface area (Å²) in [5, 5.41) is 0. The summed E-state index contributed by atoms with van der Waals surface area (Å²) in [4.78, 5) is 24.0. The number of carbonyl (C=O) groups is 1. The number of methoxy groups -OCH3 is 2. The van der Waals surface area contributed by atoms with Crippen LogP contribution in [0.3, 0.4) is 0 Å². The van der Waals surface area contributed by atoms with Crippen molar-refractivity contribution in [2.24, 2.45) is 5.41 Å². The molecule has 2 heterocycles. The molecule has 3 rings (SSSR count). The van der Waals surface area contributed by atoms with Gasteiger partial charge in [0.15, 0.2) is 0 Å². The highest BCUT2D eigenvalue weighted by Gasteiger charge is 2.33. The fraction of sp³-hybridized carbons (Fsp3) is 0.556. The van der Waals surface area contributed by atoms with Gasteiger partial charge in [0.1, 0.15) is 17.3 Å². The van der Waals surface area contributed by atoms with Crippen LogP contribution >= 0.6 is 0 Å². The molecule has 0 bridgehead atoms. The molecule has 1 aliphatic heterocycles. The van der Waals surface area contributed by atoms with Crippen molar-refractivity contribution in [1.29, 1.82) is 0 Å². The van der Waals surface area contributed by atoms with E-state index in [-0.39, 0.29) is 11.4 Å². The van der Waals surface area contributed by atoms with Gasteiger partial charge >= 0.3 is 6.03 Å². The maximum Gasteiger partial charge on any atom is 0.324 e. The second kappa shape index (κ2) is 11.4. The lowest BCUT2D eigenvalue weighted by Crippen LogP contribution is -2.46. The number of ether oxygens (including phenoxy) is 2. The summed E-state index contributed by atoms with van der Waals surface area (Å²) in [6.45, 7) is 9.58. The summed E-state index contributed by atoms with van der Waals surface area (Å²) >= 11 is 0. The van der Waals surface area contributed by atoms with Crippen LogP contribution in [0.4, 0.5) is 10.6 Å². The highest BCUT2D eigenvalue weighted by atomic mass is 16.5. The highest BCUT2D eigenvalue weighted by Crippen LogP contribution is 2.35. The molecular weight excluding hydrogens is 428 g/mol. The lowest BCUT2D eigenvalue weighted by molar-refractivity contribution is 0.158. The molecule has 1 atom stereocenters. The fourth-order valence-corrected chi connectivity index (χ4v) is 4.81. The summed E-state index contributed by atoms with van der Waals surface area (Å²) in [6.07, 6.45) is 11.8. The highest BCUT2D eigenvalue weighted by molar-refractivity contribution is 5.76. The predicted octanol–water partition coefficient (Wildman–Crippen LogP) is 5.22. The van der Waals surface area contributed by atoms with E-state index in [0.717, 1.165) is 60.9 Å². The van der Waals surface area contributed by atoms with Crippen molar-refractivity contribution < 1.29 is 14.3 Å². The lowest BCUT2D eigenvalue weighted by Gasteiger charge is -2.42. The van der Waals surface area contributed by atoms with Crippen LogP contribution in [0.2, 0.25) is 0 Å². The first-order chi connectivity index (χ1) is 16.3. The van der Waals surface area contributed by atoms with Gasteiger partial charge in [0.2, 0.25) is 0 Å². The van der Waals surface area contributed by atoms with E-state index >= 15 is 0 Å². The van der Waals surface area contributed by atoms with E-state index < -0.39 is 0 Å². The van der Waals surface area contributed by atoms with Crippen LogP contribution in [0.25, 0.3) is 0 Å². The molecule has 2 amide bonds. The van der Waals surface area contributed by atoms with E-state index in [2.05, 4.69) is 29.0 Å². The second-order valence-electron chi connectivity index (χ2n) is 9.60. The van der Waals surface area contributed by atoms with Gasteiger partial charge in [0.25, 0.3) is 0 Å². The Balaban J connectivity index is 1.66. The number of nitrogens with zero attached hydrogens (tertiary/aromatic N) is 4. The first kappa shape index (κ1) is 25.7. The number of carbonyl (C=O) groups excluding carboxylic acids is 1. The number of pyridine rings is 1. The second-order valence-corrected chi connectivity index (χ2v) is 9.60. The molecule has 0 N–H and O–H groups in total. The van der Waals surface area contributed by atoms with Crippen molar-refractivity contribution in [3.63, 3.8) is 0 Å². The van der Waals surface area contributed by atoms with E-state index in [0.29, 0.717) is 19.5 Å². The third-order valence-corrected chi connectivity index (χ3v) is 6.86. The van der Waals surface area contributed by atoms with Crippen LogP contribution in [0, 0.1) is 5.41 Å². The van der Waals surface area contributed by atoms with Crippen LogP contribution in [-0.2, 0) is 4.74 Å². The van der Waals surface area contributed by atoms with Gasteiger partial charge < -0.3 is 19.3 Å². The smallest absolute Gasteiger partial charge is 0.324 e. The molecule has 2 aliphatic rings. The number of anilines is 1. The van der Waals surface area contributed by atoms with Crippen LogP contribution < -0.4 is 9.64 Å². The molecule has 0 saturated carbocycles. The Bertz CT molecular complexity index is 955. The quantitative estimate of drug-likeness (QED) is 0.523. The average molecular weight is 469 g/mol. The van der Waals surface area contributed by atoms with E-state index in [4.69, 9.17) is 9.47 Å². The van der Waals surface area contributed by atoms with E-state index in [1.54, 1.807) is 20.4 Å². The number of aromatic nitrogens is 1. The molecule has 0 aromatic carbocycles. The van der Waals surface area contributed by atoms with E-state index in [9.17, 15) is 4.79 Å². The van der Waals surface area contributed by atoms with Gasteiger partial charge in [-0.2, -0.15) is 0 Å². The molecule has 1 aliphatic carbocycles. The van der Waals surface area contributed by atoms with Crippen molar-refractivity contribution in [2.75, 3.05) is 52.3 Å². The summed E-state index contributed by atoms with van der Waals surface area (Å²) in [7, 11) is 5.25. The molecular formula is C27H40N4O3. The monoisotopic (exact) mass is 468 g/mol. The van der Waals surface area contributed by atoms with Gasteiger partial charge in [-0.15, -0.1) is 0 Å². The predicted molar refractivity (Wildman–Crippen MR) is 137 cm³/mol. The Morgan fingerprint density at radius 1 is 1.29 bits per heavy atom. The van der Waals surface area contributed by atoms with Gasteiger partial charge in [0, 0.05) is 51.9 Å². The normalized spacial score (nSPS) is 20.5. The third kappa shape index (κ3) is 6.13. The minimum absolute atomic E-state index is 0.0131. The van der Waals surface area contributed by atoms with Gasteiger partial charge in [0.05, 0.1) is 19.9 Å². The molecule has 1 aromatic heterocycles. The van der Waals surface area contributed by atoms with E-state index in [1.807, 2.05) is 48.9 Å². The number of allylic oxidation sites excluding steroid dienone is 4. The zero-order valence-corrected chi connectivity index (χ0v) is 21.6. The molecule has 34 heavy (non-hydrogen) atoms. The zero-order chi connectivity index (χ0) is 24.7. The maximum absolute atomic E-state index is 13.4. The number of hydrogen-bond donors (Lipinski definition) is 0. The lowest BCUT2D eigenvalue weighted by atomic mass is 9.79. The van der Waals surface area contributed by atoms with E-state index in [1.165, 1.54) is 0 Å². The van der Waals surface area contributed by atoms with Crippen LogP contribution in [0.15, 0.2) is 53.6 Å². The van der Waals surface area contributed by atoms with Crippen molar-refractivity contribution in [3.05, 3.63) is 53.6 Å². The first-order valence-electron chi connectivity index (χ1n) is 12.2. The van der Waals surface area contributed by atoms with Crippen molar-refractivity contribution in [2.45, 2.75) is 46.5 Å². The van der Waals surface area contributed by atoms with Crippen LogP contribution in [-0.4, -0.2) is 68.3 Å². The molecule has 1 fully saturated rings. The molecule has 7 nitrogen and oxygen atoms in total. The molecule has 1 aromatic rings. The minimum atomic E-state index is 0.0131. The summed E-state index contributed by atoms with van der Waals surface area (Å²) in [6, 6.07) is 3.89. The van der Waals surface area contributed by atoms with Gasteiger partial charge in [-0.25, -0.2) is 9.78 Å². The van der Waals surface area contributed by atoms with Gasteiger partial charge in [-0.3, -0.25) is 4.90 Å². The Hall–Kier alpha value is -2.96. The number of piperidine rings is 1. The summed E-state index contributed by atoms with van der Waals surface area (Å²) in [5.41, 5.74) is 2.13. The summed E-state index contributed by atoms with van der Waals surface area (Å²) < 4.78 is 11.0. The van der Waals surface area contributed by atoms with Crippen molar-refractivity contribution >= 4 is 11.8 Å². The zero-order valence-electron chi connectivity index (χ0n) is 21.6. The molecule has 1 saturated heterocycles. The van der Waals surface area contributed by atoms with Crippen molar-refractivity contribution in [3.8, 4) is 5.75 Å². The van der Waals surface area contributed by atoms with Gasteiger partial charge in [-0.1, -0.05) is 19.1 Å². The SMILES string of the molecule is CCN(C(=O)N(C)CCC1(C)CCCN(c2cc(OC)ccn2)C1)C1=C(OC)C=C(C)C=CC1. The Kier molecular flexibility index (Phi) is 8.64. The minimum Gasteiger partial charge on any atom is -0.497 e. The summed E-state index contributed by atoms with van der Waals surface area (Å²) in [5.74, 6) is 2.54.